The Morgan fingerprint density at radius 2 is 1.60 bits per heavy atom. The summed E-state index contributed by atoms with van der Waals surface area (Å²) in [4.78, 5) is 0. The smallest absolute Gasteiger partial charge is 0.0486 e. The monoisotopic (exact) mass is 287 g/mol. The second-order valence-electron chi connectivity index (χ2n) is 4.76. The van der Waals surface area contributed by atoms with Gasteiger partial charge in [0.1, 0.15) is 0 Å². The average Bonchev–Trinajstić information content (AvgIpc) is 2.49. The summed E-state index contributed by atoms with van der Waals surface area (Å²) in [6.45, 7) is 2.96. The summed E-state index contributed by atoms with van der Waals surface area (Å²) >= 11 is 0. The normalized spacial score (nSPS) is 13.8. The van der Waals surface area contributed by atoms with Crippen LogP contribution in [0.2, 0.25) is 0 Å². The van der Waals surface area contributed by atoms with Gasteiger partial charge < -0.3 is 5.32 Å². The predicted molar refractivity (Wildman–Crippen MR) is 86.0 cm³/mol. The van der Waals surface area contributed by atoms with Crippen molar-refractivity contribution in [2.75, 3.05) is 12.3 Å². The highest BCUT2D eigenvalue weighted by Crippen LogP contribution is 2.15. The molecule has 2 rings (SSSR count). The number of rotatable bonds is 7. The second-order valence-corrected chi connectivity index (χ2v) is 6.26. The van der Waals surface area contributed by atoms with Gasteiger partial charge in [-0.2, -0.15) is 0 Å². The van der Waals surface area contributed by atoms with Crippen LogP contribution >= 0.6 is 0 Å². The fourth-order valence-corrected chi connectivity index (χ4v) is 3.57. The fourth-order valence-electron chi connectivity index (χ4n) is 2.21. The molecule has 2 aromatic carbocycles. The molecule has 1 N–H and O–H groups in total. The molecule has 0 aromatic heterocycles. The summed E-state index contributed by atoms with van der Waals surface area (Å²) in [5.74, 6) is 1.27. The highest BCUT2D eigenvalue weighted by Gasteiger charge is 2.14. The van der Waals surface area contributed by atoms with Crippen LogP contribution in [0.4, 0.5) is 0 Å². The third kappa shape index (κ3) is 4.58. The van der Waals surface area contributed by atoms with Crippen molar-refractivity contribution >= 4 is 10.8 Å². The van der Waals surface area contributed by atoms with Gasteiger partial charge in [0, 0.05) is 28.3 Å². The van der Waals surface area contributed by atoms with Gasteiger partial charge in [-0.1, -0.05) is 67.6 Å². The summed E-state index contributed by atoms with van der Waals surface area (Å²) in [6.07, 6.45) is 0. The van der Waals surface area contributed by atoms with Gasteiger partial charge in [-0.15, -0.1) is 0 Å². The van der Waals surface area contributed by atoms with Crippen LogP contribution in [0.15, 0.2) is 60.7 Å². The molecule has 0 fully saturated rings. The minimum atomic E-state index is -0.866. The van der Waals surface area contributed by atoms with E-state index in [1.54, 1.807) is 0 Å². The summed E-state index contributed by atoms with van der Waals surface area (Å²) in [5.41, 5.74) is 2.34. The Labute approximate surface area is 123 Å². The largest absolute Gasteiger partial charge is 0.309 e. The molecule has 0 radical (unpaired) electrons. The van der Waals surface area contributed by atoms with Gasteiger partial charge in [-0.05, 0) is 17.7 Å². The maximum atomic E-state index is 12.3. The maximum absolute atomic E-state index is 12.3. The Morgan fingerprint density at radius 3 is 2.20 bits per heavy atom. The first-order valence-electron chi connectivity index (χ1n) is 6.97. The summed E-state index contributed by atoms with van der Waals surface area (Å²) in [7, 11) is -0.866. The molecule has 2 atom stereocenters. The Morgan fingerprint density at radius 1 is 1.00 bits per heavy atom. The molecule has 3 heteroatoms. The van der Waals surface area contributed by atoms with Gasteiger partial charge in [-0.25, -0.2) is 0 Å². The minimum absolute atomic E-state index is 0.158. The van der Waals surface area contributed by atoms with Gasteiger partial charge in [-0.3, -0.25) is 4.21 Å². The maximum Gasteiger partial charge on any atom is 0.0486 e. The minimum Gasteiger partial charge on any atom is -0.309 e. The third-order valence-electron chi connectivity index (χ3n) is 3.18. The van der Waals surface area contributed by atoms with E-state index in [1.807, 2.05) is 48.5 Å². The van der Waals surface area contributed by atoms with Crippen LogP contribution in [0.3, 0.4) is 0 Å². The first-order valence-corrected chi connectivity index (χ1v) is 8.45. The molecule has 2 unspecified atom stereocenters. The van der Waals surface area contributed by atoms with E-state index in [0.717, 1.165) is 12.1 Å². The van der Waals surface area contributed by atoms with Crippen LogP contribution in [-0.4, -0.2) is 16.5 Å². The molecule has 0 aliphatic carbocycles. The molecule has 0 heterocycles. The third-order valence-corrected chi connectivity index (χ3v) is 4.54. The van der Waals surface area contributed by atoms with E-state index in [0.29, 0.717) is 11.5 Å². The molecule has 0 spiro atoms. The van der Waals surface area contributed by atoms with Crippen molar-refractivity contribution in [2.24, 2.45) is 0 Å². The summed E-state index contributed by atoms with van der Waals surface area (Å²) in [5, 5.41) is 3.42. The lowest BCUT2D eigenvalue weighted by Gasteiger charge is -2.18. The van der Waals surface area contributed by atoms with Crippen LogP contribution in [0, 0.1) is 0 Å². The van der Waals surface area contributed by atoms with Crippen LogP contribution in [-0.2, 0) is 16.6 Å². The summed E-state index contributed by atoms with van der Waals surface area (Å²) in [6, 6.07) is 20.4. The molecular formula is C17H21NOS. The van der Waals surface area contributed by atoms with E-state index >= 15 is 0 Å². The van der Waals surface area contributed by atoms with Crippen LogP contribution in [0.5, 0.6) is 0 Å². The SMILES string of the molecule is CCNC(CS(=O)Cc1ccccc1)c1ccccc1. The molecule has 0 bridgehead atoms. The van der Waals surface area contributed by atoms with Crippen molar-refractivity contribution in [3.63, 3.8) is 0 Å². The van der Waals surface area contributed by atoms with Crippen molar-refractivity contribution in [1.29, 1.82) is 0 Å². The van der Waals surface area contributed by atoms with Crippen LogP contribution in [0.1, 0.15) is 24.1 Å². The van der Waals surface area contributed by atoms with Crippen molar-refractivity contribution in [3.05, 3.63) is 71.8 Å². The Balaban J connectivity index is 1.99. The lowest BCUT2D eigenvalue weighted by molar-refractivity contribution is 0.594. The van der Waals surface area contributed by atoms with E-state index in [-0.39, 0.29) is 6.04 Å². The van der Waals surface area contributed by atoms with Crippen molar-refractivity contribution in [1.82, 2.24) is 5.32 Å². The number of hydrogen-bond acceptors (Lipinski definition) is 2. The molecule has 0 aliphatic rings. The van der Waals surface area contributed by atoms with E-state index < -0.39 is 10.8 Å². The molecule has 2 aromatic rings. The molecule has 20 heavy (non-hydrogen) atoms. The summed E-state index contributed by atoms with van der Waals surface area (Å²) < 4.78 is 12.3. The van der Waals surface area contributed by atoms with Gasteiger partial charge in [0.15, 0.2) is 0 Å². The quantitative estimate of drug-likeness (QED) is 0.846. The predicted octanol–water partition coefficient (Wildman–Crippen LogP) is 3.29. The van der Waals surface area contributed by atoms with E-state index in [2.05, 4.69) is 24.4 Å². The van der Waals surface area contributed by atoms with Gasteiger partial charge >= 0.3 is 0 Å². The number of hydrogen-bond donors (Lipinski definition) is 1. The first-order chi connectivity index (χ1) is 9.79. The van der Waals surface area contributed by atoms with Gasteiger partial charge in [0.05, 0.1) is 0 Å². The standard InChI is InChI=1S/C17H21NOS/c1-2-18-17(16-11-7-4-8-12-16)14-20(19)13-15-9-5-3-6-10-15/h3-12,17-18H,2,13-14H2,1H3. The van der Waals surface area contributed by atoms with Gasteiger partial charge in [0.25, 0.3) is 0 Å². The molecule has 0 saturated heterocycles. The second kappa shape index (κ2) is 7.98. The topological polar surface area (TPSA) is 29.1 Å². The fraction of sp³-hybridized carbons (Fsp3) is 0.294. The highest BCUT2D eigenvalue weighted by atomic mass is 32.2. The molecule has 0 amide bonds. The van der Waals surface area contributed by atoms with E-state index in [4.69, 9.17) is 0 Å². The van der Waals surface area contributed by atoms with Gasteiger partial charge in [0.2, 0.25) is 0 Å². The Hall–Kier alpha value is -1.45. The molecular weight excluding hydrogens is 266 g/mol. The van der Waals surface area contributed by atoms with Crippen molar-refractivity contribution in [3.8, 4) is 0 Å². The molecule has 0 saturated carbocycles. The molecule has 0 aliphatic heterocycles. The zero-order valence-electron chi connectivity index (χ0n) is 11.8. The lowest BCUT2D eigenvalue weighted by Crippen LogP contribution is -2.26. The Kier molecular flexibility index (Phi) is 5.96. The van der Waals surface area contributed by atoms with Crippen molar-refractivity contribution in [2.45, 2.75) is 18.7 Å². The zero-order chi connectivity index (χ0) is 14.2. The highest BCUT2D eigenvalue weighted by molar-refractivity contribution is 7.84. The van der Waals surface area contributed by atoms with E-state index in [1.165, 1.54) is 5.56 Å². The first kappa shape index (κ1) is 14.9. The van der Waals surface area contributed by atoms with Crippen molar-refractivity contribution < 1.29 is 4.21 Å². The molecule has 106 valence electrons. The number of nitrogens with one attached hydrogen (secondary N) is 1. The Bertz CT molecular complexity index is 527. The van der Waals surface area contributed by atoms with E-state index in [9.17, 15) is 4.21 Å². The zero-order valence-corrected chi connectivity index (χ0v) is 12.6. The van der Waals surface area contributed by atoms with Crippen LogP contribution < -0.4 is 5.32 Å². The lowest BCUT2D eigenvalue weighted by atomic mass is 10.1. The average molecular weight is 287 g/mol. The number of benzene rings is 2. The van der Waals surface area contributed by atoms with Crippen LogP contribution in [0.25, 0.3) is 0 Å². The molecule has 2 nitrogen and oxygen atoms in total.